The standard InChI is InChI=1S/C70H87B2N5O10Si.CH4/c1-49(2)66(78)24-17-34-84-38-40-86-36-32-76(45-52-18-11-15-22-64(52)71(80)81)47-62-56-20-13-14-21-57(56)63(48-77(46-53-19-12-16-23-65(53)72(82)83)33-37-87-41-39-85-35-31-73-70(79)50(3)4)61-42-51(25-28-58(61)62)69-59-29-26-54(74(5)6)43-67(59)88(9,10)68-44-55(75(7)8)27-30-60(68)69;/h11-16,18-23,25-30,42-44,80-83H,1,3,17,24,31-41,45-48H2,2,4-10H3;1H4/p+1. The van der Waals surface area contributed by atoms with E-state index in [4.69, 9.17) is 18.9 Å². The van der Waals surface area contributed by atoms with Crippen LogP contribution in [0.4, 0.5) is 5.69 Å². The molecule has 0 spiro atoms. The number of nitrogens with one attached hydrogen (secondary N) is 1. The van der Waals surface area contributed by atoms with Gasteiger partial charge in [0.2, 0.25) is 5.91 Å². The minimum absolute atomic E-state index is 0. The van der Waals surface area contributed by atoms with Crippen LogP contribution < -0.4 is 26.3 Å². The number of anilines is 1. The number of fused-ring (bicyclic) bond motifs is 4. The Balaban J connectivity index is 0.0000113. The smallest absolute Gasteiger partial charge is 0.423 e. The summed E-state index contributed by atoms with van der Waals surface area (Å²) in [5, 5.41) is 52.5. The molecule has 2 aliphatic rings. The Kier molecular flexibility index (Phi) is 25.6. The zero-order valence-electron chi connectivity index (χ0n) is 52.7. The summed E-state index contributed by atoms with van der Waals surface area (Å²) >= 11 is 0. The van der Waals surface area contributed by atoms with Crippen LogP contribution >= 0.6 is 0 Å². The van der Waals surface area contributed by atoms with E-state index in [1.54, 1.807) is 26.0 Å². The van der Waals surface area contributed by atoms with Gasteiger partial charge in [0.25, 0.3) is 0 Å². The van der Waals surface area contributed by atoms with Gasteiger partial charge < -0.3 is 49.3 Å². The summed E-state index contributed by atoms with van der Waals surface area (Å²) in [5.41, 5.74) is 12.6. The summed E-state index contributed by atoms with van der Waals surface area (Å²) < 4.78 is 26.4. The highest BCUT2D eigenvalue weighted by Gasteiger charge is 2.41. The van der Waals surface area contributed by atoms with E-state index in [0.29, 0.717) is 134 Å². The Morgan fingerprint density at radius 2 is 1.15 bits per heavy atom. The lowest BCUT2D eigenvalue weighted by atomic mass is 9.77. The van der Waals surface area contributed by atoms with E-state index in [0.717, 1.165) is 60.8 Å². The van der Waals surface area contributed by atoms with Gasteiger partial charge in [-0.15, -0.1) is 0 Å². The van der Waals surface area contributed by atoms with Crippen LogP contribution in [0.2, 0.25) is 13.1 Å². The summed E-state index contributed by atoms with van der Waals surface area (Å²) in [6.45, 7) is 21.8. The second kappa shape index (κ2) is 32.7. The zero-order chi connectivity index (χ0) is 63.1. The van der Waals surface area contributed by atoms with Crippen LogP contribution in [-0.4, -0.2) is 175 Å². The fourth-order valence-corrected chi connectivity index (χ4v) is 14.8. The second-order valence-electron chi connectivity index (χ2n) is 23.9. The van der Waals surface area contributed by atoms with Crippen molar-refractivity contribution in [1.29, 1.82) is 0 Å². The molecule has 0 radical (unpaired) electrons. The minimum atomic E-state index is -2.29. The molecule has 0 unspecified atom stereocenters. The molecule has 0 saturated heterocycles. The number of amides is 1. The Morgan fingerprint density at radius 3 is 1.69 bits per heavy atom. The number of carbonyl (C=O) groups excluding carboxylic acids is 2. The van der Waals surface area contributed by atoms with Gasteiger partial charge in [-0.2, -0.15) is 0 Å². The monoisotopic (exact) mass is 1220 g/mol. The topological polar surface area (TPSA) is 177 Å². The van der Waals surface area contributed by atoms with E-state index >= 15 is 0 Å². The molecule has 6 aromatic rings. The minimum Gasteiger partial charge on any atom is -0.423 e. The van der Waals surface area contributed by atoms with Gasteiger partial charge in [0, 0.05) is 96.3 Å². The molecule has 0 bridgehead atoms. The van der Waals surface area contributed by atoms with Gasteiger partial charge in [-0.05, 0) is 137 Å². The van der Waals surface area contributed by atoms with Crippen LogP contribution in [0.25, 0.3) is 27.1 Å². The molecule has 0 atom stereocenters. The van der Waals surface area contributed by atoms with Crippen LogP contribution in [0.5, 0.6) is 0 Å². The number of nitrogens with zero attached hydrogens (tertiary/aromatic N) is 4. The van der Waals surface area contributed by atoms with Crippen LogP contribution in [0.15, 0.2) is 162 Å². The Bertz CT molecular complexity index is 3630. The van der Waals surface area contributed by atoms with Crippen molar-refractivity contribution < 1.29 is 53.2 Å². The van der Waals surface area contributed by atoms with Crippen molar-refractivity contribution in [2.45, 2.75) is 73.4 Å². The SMILES string of the molecule is C.C=C(C)C(=O)CCCOCCOCCN(Cc1ccccc1B(O)O)Cc1c2ccccc2c(CN(CCOCCOCCNC(=O)C(=C)C)Cc2ccccc2B(O)O)c2cc(C3=C4C=CC(=[N+](C)C)C=C4[Si](C)(C)c4cc(N(C)C)ccc43)ccc12. The van der Waals surface area contributed by atoms with Crippen molar-refractivity contribution in [1.82, 2.24) is 15.1 Å². The second-order valence-corrected chi connectivity index (χ2v) is 28.2. The first-order chi connectivity index (χ1) is 42.2. The molecular weight excluding hydrogens is 1130 g/mol. The highest BCUT2D eigenvalue weighted by molar-refractivity contribution is 6.98. The summed E-state index contributed by atoms with van der Waals surface area (Å²) in [4.78, 5) is 30.9. The maximum atomic E-state index is 12.1. The highest BCUT2D eigenvalue weighted by Crippen LogP contribution is 2.44. The number of ether oxygens (including phenoxy) is 4. The predicted molar refractivity (Wildman–Crippen MR) is 367 cm³/mol. The Hall–Kier alpha value is -6.90. The Labute approximate surface area is 529 Å². The maximum absolute atomic E-state index is 12.1. The molecule has 1 heterocycles. The van der Waals surface area contributed by atoms with Crippen molar-refractivity contribution in [2.75, 3.05) is 106 Å². The van der Waals surface area contributed by atoms with Gasteiger partial charge in [0.05, 0.1) is 46.2 Å². The van der Waals surface area contributed by atoms with Gasteiger partial charge in [-0.1, -0.05) is 125 Å². The molecule has 1 aliphatic carbocycles. The summed E-state index contributed by atoms with van der Waals surface area (Å²) in [6.07, 6.45) is 7.95. The highest BCUT2D eigenvalue weighted by atomic mass is 28.3. The van der Waals surface area contributed by atoms with E-state index < -0.39 is 22.3 Å². The molecule has 89 heavy (non-hydrogen) atoms. The quantitative estimate of drug-likeness (QED) is 0.00919. The number of rotatable bonds is 33. The molecule has 6 aromatic carbocycles. The number of benzene rings is 6. The van der Waals surface area contributed by atoms with Crippen LogP contribution in [0.1, 0.15) is 67.5 Å². The van der Waals surface area contributed by atoms with Crippen molar-refractivity contribution >= 4 is 88.6 Å². The molecule has 18 heteroatoms. The largest absolute Gasteiger partial charge is 0.488 e. The van der Waals surface area contributed by atoms with Crippen LogP contribution in [0, 0.1) is 0 Å². The summed E-state index contributed by atoms with van der Waals surface area (Å²) in [7, 11) is 2.76. The number of hydrogen-bond donors (Lipinski definition) is 5. The van der Waals surface area contributed by atoms with Crippen molar-refractivity contribution in [2.24, 2.45) is 0 Å². The normalized spacial score (nSPS) is 13.3. The first-order valence-corrected chi connectivity index (χ1v) is 33.5. The molecule has 0 aromatic heterocycles. The van der Waals surface area contributed by atoms with Gasteiger partial charge in [0.1, 0.15) is 22.2 Å². The van der Waals surface area contributed by atoms with Gasteiger partial charge in [-0.25, -0.2) is 4.58 Å². The molecule has 1 amide bonds. The van der Waals surface area contributed by atoms with Gasteiger partial charge in [0.15, 0.2) is 11.5 Å². The Morgan fingerprint density at radius 1 is 0.618 bits per heavy atom. The molecule has 5 N–H and O–H groups in total. The fourth-order valence-electron chi connectivity index (χ4n) is 11.7. The molecule has 0 fully saturated rings. The lowest BCUT2D eigenvalue weighted by Crippen LogP contribution is -2.49. The molecule has 8 rings (SSSR count). The van der Waals surface area contributed by atoms with Gasteiger partial charge in [-0.3, -0.25) is 19.4 Å². The molecule has 1 aliphatic heterocycles. The number of carbonyl (C=O) groups is 2. The van der Waals surface area contributed by atoms with Crippen molar-refractivity contribution in [3.8, 4) is 0 Å². The lowest BCUT2D eigenvalue weighted by molar-refractivity contribution is -0.462. The number of Topliss-reactive ketones (excluding diaryl/α,β-unsaturated/α-hetero) is 1. The van der Waals surface area contributed by atoms with Crippen LogP contribution in [0.3, 0.4) is 0 Å². The zero-order valence-corrected chi connectivity index (χ0v) is 53.7. The first-order valence-electron chi connectivity index (χ1n) is 30.5. The first kappa shape index (κ1) is 69.6. The third-order valence-corrected chi connectivity index (χ3v) is 20.1. The number of allylic oxidation sites excluding steroid dienone is 6. The summed E-state index contributed by atoms with van der Waals surface area (Å²) in [6, 6.07) is 37.3. The van der Waals surface area contributed by atoms with E-state index in [2.05, 4.69) is 158 Å². The average Bonchev–Trinajstić information content (AvgIpc) is 0.742. The molecule has 0 saturated carbocycles. The lowest BCUT2D eigenvalue weighted by Gasteiger charge is -2.38. The number of ketones is 1. The third-order valence-electron chi connectivity index (χ3n) is 16.6. The van der Waals surface area contributed by atoms with E-state index in [1.165, 1.54) is 27.1 Å². The van der Waals surface area contributed by atoms with Crippen molar-refractivity contribution in [3.63, 3.8) is 0 Å². The third kappa shape index (κ3) is 17.7. The van der Waals surface area contributed by atoms with Crippen LogP contribution in [-0.2, 0) is 54.7 Å². The maximum Gasteiger partial charge on any atom is 0.488 e. The average molecular weight is 1230 g/mol. The molecular formula is C71H92B2N5O10Si+. The van der Waals surface area contributed by atoms with E-state index in [9.17, 15) is 29.7 Å². The van der Waals surface area contributed by atoms with Crippen molar-refractivity contribution in [3.05, 3.63) is 196 Å². The fraction of sp³-hybridized carbons (Fsp3) is 0.366. The number of hydrogen-bond acceptors (Lipinski definition) is 13. The molecule has 15 nitrogen and oxygen atoms in total. The molecule has 470 valence electrons. The summed E-state index contributed by atoms with van der Waals surface area (Å²) in [5.74, 6) is -0.169. The predicted octanol–water partition coefficient (Wildman–Crippen LogP) is 7.22. The van der Waals surface area contributed by atoms with E-state index in [-0.39, 0.29) is 19.1 Å². The van der Waals surface area contributed by atoms with Gasteiger partial charge >= 0.3 is 14.2 Å². The van der Waals surface area contributed by atoms with E-state index in [1.807, 2.05) is 36.4 Å².